The molecule has 88 valence electrons. The Morgan fingerprint density at radius 2 is 1.81 bits per heavy atom. The van der Waals surface area contributed by atoms with Gasteiger partial charge in [0.2, 0.25) is 0 Å². The van der Waals surface area contributed by atoms with Crippen LogP contribution in [0.15, 0.2) is 35.9 Å². The predicted octanol–water partition coefficient (Wildman–Crippen LogP) is 2.44. The molecule has 0 aliphatic carbocycles. The minimum absolute atomic E-state index is 0.260. The maximum atomic E-state index is 9.86. The number of benzene rings is 1. The van der Waals surface area contributed by atoms with E-state index in [0.29, 0.717) is 5.57 Å². The molecule has 0 bridgehead atoms. The number of hydrogen-bond acceptors (Lipinski definition) is 3. The van der Waals surface area contributed by atoms with Crippen molar-refractivity contribution in [2.24, 2.45) is 0 Å². The molecule has 0 aliphatic rings. The van der Waals surface area contributed by atoms with Gasteiger partial charge in [0.1, 0.15) is 11.5 Å². The number of rotatable bonds is 2. The van der Waals surface area contributed by atoms with Crippen molar-refractivity contribution in [1.82, 2.24) is 0 Å². The summed E-state index contributed by atoms with van der Waals surface area (Å²) in [5, 5.41) is 16.9. The zero-order chi connectivity index (χ0) is 12.6. The molecule has 1 aromatic rings. The van der Waals surface area contributed by atoms with Crippen molar-refractivity contribution in [3.8, 4) is 11.5 Å². The van der Waals surface area contributed by atoms with Gasteiger partial charge in [0.25, 0.3) is 0 Å². The van der Waals surface area contributed by atoms with Crippen molar-refractivity contribution in [3.05, 3.63) is 35.9 Å². The molecule has 0 heterocycles. The van der Waals surface area contributed by atoms with E-state index in [1.807, 2.05) is 0 Å². The van der Waals surface area contributed by atoms with Crippen molar-refractivity contribution in [2.45, 2.75) is 13.8 Å². The van der Waals surface area contributed by atoms with Gasteiger partial charge in [0.15, 0.2) is 0 Å². The Hall–Kier alpha value is -1.97. The van der Waals surface area contributed by atoms with Gasteiger partial charge in [0, 0.05) is 5.57 Å². The Bertz CT molecular complexity index is 352. The molecule has 1 aromatic carbocycles. The molecule has 4 nitrogen and oxygen atoms in total. The van der Waals surface area contributed by atoms with E-state index in [4.69, 9.17) is 14.9 Å². The van der Waals surface area contributed by atoms with Gasteiger partial charge in [-0.1, -0.05) is 6.08 Å². The number of hydrogen-bond donors (Lipinski definition) is 2. The molecule has 0 amide bonds. The van der Waals surface area contributed by atoms with Crippen molar-refractivity contribution >= 4 is 5.97 Å². The summed E-state index contributed by atoms with van der Waals surface area (Å²) in [5.74, 6) is 0.172. The number of aliphatic carboxylic acids is 1. The smallest absolute Gasteiger partial charge is 0.330 e. The number of phenols is 1. The van der Waals surface area contributed by atoms with E-state index in [9.17, 15) is 4.79 Å². The van der Waals surface area contributed by atoms with E-state index < -0.39 is 5.97 Å². The van der Waals surface area contributed by atoms with Crippen molar-refractivity contribution < 1.29 is 19.7 Å². The van der Waals surface area contributed by atoms with E-state index in [-0.39, 0.29) is 5.75 Å². The topological polar surface area (TPSA) is 66.8 Å². The largest absolute Gasteiger partial charge is 0.508 e. The summed E-state index contributed by atoms with van der Waals surface area (Å²) < 4.78 is 4.86. The molecule has 0 radical (unpaired) electrons. The van der Waals surface area contributed by atoms with E-state index in [1.54, 1.807) is 51.3 Å². The normalized spacial score (nSPS) is 10.1. The minimum Gasteiger partial charge on any atom is -0.508 e. The van der Waals surface area contributed by atoms with Crippen LogP contribution in [0.5, 0.6) is 11.5 Å². The highest BCUT2D eigenvalue weighted by molar-refractivity contribution is 5.85. The van der Waals surface area contributed by atoms with Crippen LogP contribution < -0.4 is 4.74 Å². The first-order valence-corrected chi connectivity index (χ1v) is 4.70. The van der Waals surface area contributed by atoms with Gasteiger partial charge in [-0.15, -0.1) is 0 Å². The first kappa shape index (κ1) is 14.0. The number of allylic oxidation sites excluding steroid dienone is 1. The van der Waals surface area contributed by atoms with Gasteiger partial charge in [0.05, 0.1) is 7.11 Å². The molecule has 1 rings (SSSR count). The van der Waals surface area contributed by atoms with Crippen LogP contribution in [0.4, 0.5) is 0 Å². The van der Waals surface area contributed by atoms with Crippen molar-refractivity contribution in [1.29, 1.82) is 0 Å². The molecule has 0 unspecified atom stereocenters. The quantitative estimate of drug-likeness (QED) is 0.757. The maximum absolute atomic E-state index is 9.86. The average Bonchev–Trinajstić information content (AvgIpc) is 2.29. The standard InChI is InChI=1S/C7H8O2.C5H8O2/c1-9-7-4-2-6(8)3-5-7;1-3-4(2)5(6)7/h2-5,8H,1H3;3H,1-2H3,(H,6,7). The van der Waals surface area contributed by atoms with Crippen LogP contribution in [0.25, 0.3) is 0 Å². The third-order valence-corrected chi connectivity index (χ3v) is 1.84. The Kier molecular flexibility index (Phi) is 6.43. The van der Waals surface area contributed by atoms with Crippen LogP contribution in [-0.2, 0) is 4.79 Å². The zero-order valence-corrected chi connectivity index (χ0v) is 9.60. The molecule has 0 atom stereocenters. The molecule has 0 spiro atoms. The molecular weight excluding hydrogens is 208 g/mol. The van der Waals surface area contributed by atoms with E-state index in [2.05, 4.69) is 0 Å². The lowest BCUT2D eigenvalue weighted by atomic mass is 10.3. The minimum atomic E-state index is -0.845. The summed E-state index contributed by atoms with van der Waals surface area (Å²) in [4.78, 5) is 9.86. The van der Waals surface area contributed by atoms with Crippen LogP contribution >= 0.6 is 0 Å². The summed E-state index contributed by atoms with van der Waals surface area (Å²) in [6, 6.07) is 6.57. The average molecular weight is 224 g/mol. The third-order valence-electron chi connectivity index (χ3n) is 1.84. The number of methoxy groups -OCH3 is 1. The molecule has 16 heavy (non-hydrogen) atoms. The number of phenolic OH excluding ortho intramolecular Hbond substituents is 1. The van der Waals surface area contributed by atoms with E-state index in [1.165, 1.54) is 0 Å². The van der Waals surface area contributed by atoms with Gasteiger partial charge >= 0.3 is 5.97 Å². The Morgan fingerprint density at radius 3 is 2.06 bits per heavy atom. The van der Waals surface area contributed by atoms with Gasteiger partial charge in [-0.3, -0.25) is 0 Å². The SMILES string of the molecule is CC=C(C)C(=O)O.COc1ccc(O)cc1. The summed E-state index contributed by atoms with van der Waals surface area (Å²) in [5.41, 5.74) is 0.389. The fraction of sp³-hybridized carbons (Fsp3) is 0.250. The van der Waals surface area contributed by atoms with E-state index in [0.717, 1.165) is 5.75 Å². The molecule has 0 saturated carbocycles. The fourth-order valence-corrected chi connectivity index (χ4v) is 0.706. The van der Waals surface area contributed by atoms with Crippen LogP contribution in [0.3, 0.4) is 0 Å². The molecule has 0 saturated heterocycles. The molecule has 0 aromatic heterocycles. The molecular formula is C12H16O4. The summed E-state index contributed by atoms with van der Waals surface area (Å²) in [7, 11) is 1.59. The summed E-state index contributed by atoms with van der Waals surface area (Å²) >= 11 is 0. The van der Waals surface area contributed by atoms with Gasteiger partial charge in [-0.05, 0) is 38.1 Å². The predicted molar refractivity (Wildman–Crippen MR) is 61.7 cm³/mol. The van der Waals surface area contributed by atoms with Gasteiger partial charge < -0.3 is 14.9 Å². The van der Waals surface area contributed by atoms with Crippen LogP contribution in [-0.4, -0.2) is 23.3 Å². The number of ether oxygens (including phenoxy) is 1. The Morgan fingerprint density at radius 1 is 1.31 bits per heavy atom. The summed E-state index contributed by atoms with van der Waals surface area (Å²) in [6.45, 7) is 3.26. The van der Waals surface area contributed by atoms with E-state index >= 15 is 0 Å². The highest BCUT2D eigenvalue weighted by Crippen LogP contribution is 2.14. The Balaban J connectivity index is 0.000000293. The van der Waals surface area contributed by atoms with Crippen LogP contribution in [0.2, 0.25) is 0 Å². The number of aromatic hydroxyl groups is 1. The third kappa shape index (κ3) is 5.70. The maximum Gasteiger partial charge on any atom is 0.330 e. The monoisotopic (exact) mass is 224 g/mol. The number of carboxylic acids is 1. The second kappa shape index (κ2) is 7.34. The highest BCUT2D eigenvalue weighted by atomic mass is 16.5. The molecule has 2 N–H and O–H groups in total. The van der Waals surface area contributed by atoms with Gasteiger partial charge in [-0.2, -0.15) is 0 Å². The Labute approximate surface area is 94.8 Å². The lowest BCUT2D eigenvalue weighted by Gasteiger charge is -1.96. The van der Waals surface area contributed by atoms with Crippen LogP contribution in [0, 0.1) is 0 Å². The number of carbonyl (C=O) groups is 1. The lowest BCUT2D eigenvalue weighted by molar-refractivity contribution is -0.132. The zero-order valence-electron chi connectivity index (χ0n) is 9.60. The fourth-order valence-electron chi connectivity index (χ4n) is 0.706. The second-order valence-electron chi connectivity index (χ2n) is 2.97. The first-order valence-electron chi connectivity index (χ1n) is 4.70. The first-order chi connectivity index (χ1) is 7.51. The lowest BCUT2D eigenvalue weighted by Crippen LogP contribution is -1.93. The van der Waals surface area contributed by atoms with Crippen LogP contribution in [0.1, 0.15) is 13.8 Å². The molecule has 0 fully saturated rings. The van der Waals surface area contributed by atoms with Crippen molar-refractivity contribution in [2.75, 3.05) is 7.11 Å². The van der Waals surface area contributed by atoms with Gasteiger partial charge in [-0.25, -0.2) is 4.79 Å². The molecule has 0 aliphatic heterocycles. The highest BCUT2D eigenvalue weighted by Gasteiger charge is 1.93. The van der Waals surface area contributed by atoms with Crippen molar-refractivity contribution in [3.63, 3.8) is 0 Å². The molecule has 4 heteroatoms. The summed E-state index contributed by atoms with van der Waals surface area (Å²) in [6.07, 6.45) is 1.56. The second-order valence-corrected chi connectivity index (χ2v) is 2.97. The number of carboxylic acid groups (broad SMARTS) is 1.